The molecule has 4 heterocycles. The molecule has 1 fully saturated rings. The normalized spacial score (nSPS) is 20.3. The lowest BCUT2D eigenvalue weighted by molar-refractivity contribution is 0.122. The number of aryl methyl sites for hydroxylation is 3. The fourth-order valence-corrected chi connectivity index (χ4v) is 5.46. The molecule has 0 aromatic carbocycles. The van der Waals surface area contributed by atoms with Crippen molar-refractivity contribution in [3.63, 3.8) is 0 Å². The molecule has 142 valence electrons. The van der Waals surface area contributed by atoms with E-state index in [4.69, 9.17) is 14.7 Å². The summed E-state index contributed by atoms with van der Waals surface area (Å²) in [5.74, 6) is 2.47. The first-order valence-electron chi connectivity index (χ1n) is 9.79. The first-order valence-corrected chi connectivity index (χ1v) is 10.6. The highest BCUT2D eigenvalue weighted by molar-refractivity contribution is 7.19. The van der Waals surface area contributed by atoms with Crippen molar-refractivity contribution in [1.82, 2.24) is 19.7 Å². The zero-order valence-electron chi connectivity index (χ0n) is 16.2. The van der Waals surface area contributed by atoms with Crippen LogP contribution >= 0.6 is 11.3 Å². The van der Waals surface area contributed by atoms with Gasteiger partial charge >= 0.3 is 0 Å². The standard InChI is InChI=1S/C20H25N5OS/c1-12-4-5-16-15(10-12)17-18(24-6-8-26-9-7-24)21-20(22-19(17)27-16)25-14(3)11-13(2)23-25/h11-12H,4-10H2,1-3H3. The molecule has 1 unspecified atom stereocenters. The number of fused-ring (bicyclic) bond motifs is 3. The fraction of sp³-hybridized carbons (Fsp3) is 0.550. The van der Waals surface area contributed by atoms with E-state index in [9.17, 15) is 0 Å². The molecule has 27 heavy (non-hydrogen) atoms. The third-order valence-electron chi connectivity index (χ3n) is 5.63. The van der Waals surface area contributed by atoms with Gasteiger partial charge in [0.05, 0.1) is 24.3 Å². The summed E-state index contributed by atoms with van der Waals surface area (Å²) in [6, 6.07) is 2.07. The van der Waals surface area contributed by atoms with Crippen molar-refractivity contribution in [1.29, 1.82) is 0 Å². The first-order chi connectivity index (χ1) is 13.1. The summed E-state index contributed by atoms with van der Waals surface area (Å²) in [6.45, 7) is 9.68. The Balaban J connectivity index is 1.73. The van der Waals surface area contributed by atoms with Gasteiger partial charge in [0.1, 0.15) is 10.6 Å². The van der Waals surface area contributed by atoms with Crippen molar-refractivity contribution in [2.24, 2.45) is 5.92 Å². The van der Waals surface area contributed by atoms with Gasteiger partial charge in [-0.3, -0.25) is 0 Å². The van der Waals surface area contributed by atoms with Gasteiger partial charge in [0.2, 0.25) is 0 Å². The molecule has 7 heteroatoms. The fourth-order valence-electron chi connectivity index (χ4n) is 4.25. The third-order valence-corrected chi connectivity index (χ3v) is 6.82. The molecule has 1 aliphatic carbocycles. The maximum Gasteiger partial charge on any atom is 0.254 e. The molecule has 1 aliphatic heterocycles. The monoisotopic (exact) mass is 383 g/mol. The van der Waals surface area contributed by atoms with E-state index in [1.807, 2.05) is 22.9 Å². The summed E-state index contributed by atoms with van der Waals surface area (Å²) in [5.41, 5.74) is 3.54. The lowest BCUT2D eigenvalue weighted by Gasteiger charge is -2.29. The molecule has 0 N–H and O–H groups in total. The van der Waals surface area contributed by atoms with E-state index in [1.54, 1.807) is 0 Å². The van der Waals surface area contributed by atoms with Crippen LogP contribution in [0.5, 0.6) is 0 Å². The molecular formula is C20H25N5OS. The predicted molar refractivity (Wildman–Crippen MR) is 108 cm³/mol. The first kappa shape index (κ1) is 17.1. The van der Waals surface area contributed by atoms with Gasteiger partial charge in [0.15, 0.2) is 0 Å². The van der Waals surface area contributed by atoms with Crippen molar-refractivity contribution < 1.29 is 4.74 Å². The minimum atomic E-state index is 0.682. The maximum atomic E-state index is 5.58. The summed E-state index contributed by atoms with van der Waals surface area (Å²) in [5, 5.41) is 5.89. The number of rotatable bonds is 2. The number of thiophene rings is 1. The van der Waals surface area contributed by atoms with Gasteiger partial charge in [-0.1, -0.05) is 6.92 Å². The second kappa shape index (κ2) is 6.56. The largest absolute Gasteiger partial charge is 0.378 e. The Labute approximate surface area is 163 Å². The van der Waals surface area contributed by atoms with Crippen LogP contribution in [-0.2, 0) is 17.6 Å². The third kappa shape index (κ3) is 2.93. The Morgan fingerprint density at radius 1 is 1.19 bits per heavy atom. The number of anilines is 1. The van der Waals surface area contributed by atoms with Crippen LogP contribution in [0.2, 0.25) is 0 Å². The van der Waals surface area contributed by atoms with E-state index < -0.39 is 0 Å². The van der Waals surface area contributed by atoms with Crippen LogP contribution in [0.3, 0.4) is 0 Å². The molecule has 0 bridgehead atoms. The Morgan fingerprint density at radius 2 is 2.00 bits per heavy atom. The molecule has 6 nitrogen and oxygen atoms in total. The summed E-state index contributed by atoms with van der Waals surface area (Å²) in [6.07, 6.45) is 3.56. The summed E-state index contributed by atoms with van der Waals surface area (Å²) in [7, 11) is 0. The minimum absolute atomic E-state index is 0.682. The Hall–Kier alpha value is -1.99. The predicted octanol–water partition coefficient (Wildman–Crippen LogP) is 3.46. The molecule has 0 radical (unpaired) electrons. The van der Waals surface area contributed by atoms with E-state index in [-0.39, 0.29) is 0 Å². The highest BCUT2D eigenvalue weighted by Crippen LogP contribution is 2.41. The molecule has 1 atom stereocenters. The van der Waals surface area contributed by atoms with Crippen molar-refractivity contribution >= 4 is 27.4 Å². The Kier molecular flexibility index (Phi) is 4.16. The molecule has 0 saturated carbocycles. The number of hydrogen-bond acceptors (Lipinski definition) is 6. The summed E-state index contributed by atoms with van der Waals surface area (Å²) >= 11 is 1.85. The highest BCUT2D eigenvalue weighted by Gasteiger charge is 2.27. The number of morpholine rings is 1. The molecule has 0 amide bonds. The van der Waals surface area contributed by atoms with Crippen molar-refractivity contribution in [2.45, 2.75) is 40.0 Å². The van der Waals surface area contributed by atoms with Crippen LogP contribution in [0.4, 0.5) is 5.82 Å². The number of ether oxygens (including phenoxy) is 1. The van der Waals surface area contributed by atoms with Crippen LogP contribution < -0.4 is 4.90 Å². The quantitative estimate of drug-likeness (QED) is 0.678. The number of aromatic nitrogens is 4. The lowest BCUT2D eigenvalue weighted by atomic mass is 9.88. The van der Waals surface area contributed by atoms with Gasteiger partial charge in [-0.15, -0.1) is 11.3 Å². The molecule has 1 saturated heterocycles. The van der Waals surface area contributed by atoms with Crippen LogP contribution in [0.15, 0.2) is 6.07 Å². The van der Waals surface area contributed by atoms with Crippen LogP contribution in [0.1, 0.15) is 35.2 Å². The highest BCUT2D eigenvalue weighted by atomic mass is 32.1. The SMILES string of the molecule is Cc1cc(C)n(-c2nc(N3CCOCC3)c3c4c(sc3n2)CCC(C)C4)n1. The smallest absolute Gasteiger partial charge is 0.254 e. The number of nitrogens with zero attached hydrogens (tertiary/aromatic N) is 5. The molecule has 3 aromatic rings. The maximum absolute atomic E-state index is 5.58. The van der Waals surface area contributed by atoms with Crippen LogP contribution in [0, 0.1) is 19.8 Å². The van der Waals surface area contributed by atoms with E-state index in [1.165, 1.54) is 22.2 Å². The van der Waals surface area contributed by atoms with Gasteiger partial charge in [-0.05, 0) is 50.7 Å². The zero-order valence-corrected chi connectivity index (χ0v) is 17.0. The summed E-state index contributed by atoms with van der Waals surface area (Å²) < 4.78 is 7.46. The summed E-state index contributed by atoms with van der Waals surface area (Å²) in [4.78, 5) is 15.0. The van der Waals surface area contributed by atoms with Crippen molar-refractivity contribution in [3.8, 4) is 5.95 Å². The topological polar surface area (TPSA) is 56.1 Å². The van der Waals surface area contributed by atoms with Gasteiger partial charge in [-0.2, -0.15) is 15.1 Å². The van der Waals surface area contributed by atoms with Crippen molar-refractivity contribution in [2.75, 3.05) is 31.2 Å². The van der Waals surface area contributed by atoms with E-state index in [0.717, 1.165) is 67.1 Å². The van der Waals surface area contributed by atoms with E-state index >= 15 is 0 Å². The molecule has 2 aliphatic rings. The second-order valence-electron chi connectivity index (χ2n) is 7.82. The zero-order chi connectivity index (χ0) is 18.5. The van der Waals surface area contributed by atoms with E-state index in [0.29, 0.717) is 5.95 Å². The van der Waals surface area contributed by atoms with Gasteiger partial charge in [0.25, 0.3) is 5.95 Å². The van der Waals surface area contributed by atoms with Gasteiger partial charge < -0.3 is 9.64 Å². The molecular weight excluding hydrogens is 358 g/mol. The van der Waals surface area contributed by atoms with Crippen LogP contribution in [-0.4, -0.2) is 46.1 Å². The Bertz CT molecular complexity index is 1000. The molecule has 3 aromatic heterocycles. The average Bonchev–Trinajstić information content (AvgIpc) is 3.20. The van der Waals surface area contributed by atoms with E-state index in [2.05, 4.69) is 29.9 Å². The lowest BCUT2D eigenvalue weighted by Crippen LogP contribution is -2.37. The average molecular weight is 384 g/mol. The minimum Gasteiger partial charge on any atom is -0.378 e. The Morgan fingerprint density at radius 3 is 2.74 bits per heavy atom. The second-order valence-corrected chi connectivity index (χ2v) is 8.90. The number of hydrogen-bond donors (Lipinski definition) is 0. The molecule has 0 spiro atoms. The van der Waals surface area contributed by atoms with Crippen LogP contribution in [0.25, 0.3) is 16.2 Å². The molecule has 5 rings (SSSR count). The van der Waals surface area contributed by atoms with Gasteiger partial charge in [0, 0.05) is 23.7 Å². The van der Waals surface area contributed by atoms with Crippen molar-refractivity contribution in [3.05, 3.63) is 27.9 Å². The van der Waals surface area contributed by atoms with Gasteiger partial charge in [-0.25, -0.2) is 4.68 Å².